The van der Waals surface area contributed by atoms with E-state index < -0.39 is 14.9 Å². The van der Waals surface area contributed by atoms with Gasteiger partial charge in [0.05, 0.1) is 4.92 Å². The molecule has 162 valence electrons. The summed E-state index contributed by atoms with van der Waals surface area (Å²) in [6, 6.07) is 5.78. The lowest BCUT2D eigenvalue weighted by atomic mass is 10.1. The van der Waals surface area contributed by atoms with Gasteiger partial charge in [-0.15, -0.1) is 0 Å². The Morgan fingerprint density at radius 2 is 1.83 bits per heavy atom. The van der Waals surface area contributed by atoms with E-state index in [1.54, 1.807) is 6.07 Å². The predicted octanol–water partition coefficient (Wildman–Crippen LogP) is 5.44. The maximum atomic E-state index is 12.2. The molecule has 0 saturated heterocycles. The van der Waals surface area contributed by atoms with Crippen molar-refractivity contribution in [1.29, 1.82) is 0 Å². The number of halogens is 3. The van der Waals surface area contributed by atoms with Crippen molar-refractivity contribution in [3.8, 4) is 0 Å². The van der Waals surface area contributed by atoms with Gasteiger partial charge in [-0.3, -0.25) is 14.9 Å². The molecule has 1 atom stereocenters. The molecule has 11 heteroatoms. The molecular weight excluding hydrogens is 459 g/mol. The summed E-state index contributed by atoms with van der Waals surface area (Å²) in [5, 5.41) is 19.0. The molecule has 0 unspecified atom stereocenters. The quantitative estimate of drug-likeness (QED) is 0.0968. The van der Waals surface area contributed by atoms with Crippen LogP contribution in [0.5, 0.6) is 0 Å². The lowest BCUT2D eigenvalue weighted by Gasteiger charge is -2.27. The van der Waals surface area contributed by atoms with Gasteiger partial charge >= 0.3 is 0 Å². The molecule has 0 aliphatic heterocycles. The van der Waals surface area contributed by atoms with Gasteiger partial charge in [-0.05, 0) is 24.7 Å². The van der Waals surface area contributed by atoms with Crippen LogP contribution in [0.4, 0.5) is 11.4 Å². The number of rotatable bonds is 11. The smallest absolute Gasteiger partial charge is 0.271 e. The van der Waals surface area contributed by atoms with Crippen LogP contribution in [0, 0.1) is 10.1 Å². The second-order valence-corrected chi connectivity index (χ2v) is 9.24. The van der Waals surface area contributed by atoms with E-state index in [0.717, 1.165) is 25.7 Å². The first-order chi connectivity index (χ1) is 13.6. The number of unbranched alkanes of at least 4 members (excludes halogenated alkanes) is 5. The van der Waals surface area contributed by atoms with Crippen LogP contribution in [0.25, 0.3) is 0 Å². The molecule has 1 amide bonds. The highest BCUT2D eigenvalue weighted by molar-refractivity contribution is 7.80. The zero-order chi connectivity index (χ0) is 21.9. The molecule has 0 aliphatic rings. The second-order valence-electron chi connectivity index (χ2n) is 6.47. The molecular formula is C18H25Cl3N4O3S. The molecule has 0 aliphatic carbocycles. The fourth-order valence-corrected chi connectivity index (χ4v) is 3.06. The minimum absolute atomic E-state index is 0.0432. The van der Waals surface area contributed by atoms with E-state index in [1.165, 1.54) is 31.0 Å². The predicted molar refractivity (Wildman–Crippen MR) is 123 cm³/mol. The minimum atomic E-state index is -1.86. The number of thiocarbonyl (C=S) groups is 1. The molecule has 1 aromatic rings. The van der Waals surface area contributed by atoms with E-state index in [0.29, 0.717) is 12.1 Å². The van der Waals surface area contributed by atoms with Gasteiger partial charge in [0.1, 0.15) is 6.17 Å². The molecule has 0 saturated carbocycles. The van der Waals surface area contributed by atoms with Crippen molar-refractivity contribution in [3.63, 3.8) is 0 Å². The monoisotopic (exact) mass is 482 g/mol. The largest absolute Gasteiger partial charge is 0.339 e. The zero-order valence-corrected chi connectivity index (χ0v) is 19.1. The molecule has 1 rings (SSSR count). The summed E-state index contributed by atoms with van der Waals surface area (Å²) >= 11 is 23.0. The van der Waals surface area contributed by atoms with Gasteiger partial charge in [0.2, 0.25) is 9.70 Å². The number of alkyl halides is 3. The number of nitrogens with one attached hydrogen (secondary N) is 3. The fourth-order valence-electron chi connectivity index (χ4n) is 2.49. The highest BCUT2D eigenvalue weighted by Crippen LogP contribution is 2.29. The summed E-state index contributed by atoms with van der Waals surface area (Å²) < 4.78 is -1.86. The third-order valence-corrected chi connectivity index (χ3v) is 4.85. The minimum Gasteiger partial charge on any atom is -0.339 e. The molecule has 0 fully saturated rings. The van der Waals surface area contributed by atoms with Crippen LogP contribution < -0.4 is 16.0 Å². The van der Waals surface area contributed by atoms with Crippen molar-refractivity contribution >= 4 is 69.4 Å². The van der Waals surface area contributed by atoms with Crippen LogP contribution in [0.2, 0.25) is 0 Å². The van der Waals surface area contributed by atoms with Crippen LogP contribution in [-0.4, -0.2) is 25.9 Å². The summed E-state index contributed by atoms with van der Waals surface area (Å²) in [6.45, 7) is 2.15. The summed E-state index contributed by atoms with van der Waals surface area (Å²) in [7, 11) is 0. The second kappa shape index (κ2) is 13.1. The number of hydrogen-bond acceptors (Lipinski definition) is 4. The number of anilines is 1. The lowest BCUT2D eigenvalue weighted by Crippen LogP contribution is -2.56. The summed E-state index contributed by atoms with van der Waals surface area (Å²) in [6.07, 6.45) is 5.57. The van der Waals surface area contributed by atoms with E-state index in [2.05, 4.69) is 22.9 Å². The van der Waals surface area contributed by atoms with E-state index in [1.807, 2.05) is 0 Å². The molecule has 0 aromatic heterocycles. The van der Waals surface area contributed by atoms with Crippen molar-refractivity contribution in [2.75, 3.05) is 5.32 Å². The number of amides is 1. The summed E-state index contributed by atoms with van der Waals surface area (Å²) in [5.41, 5.74) is 0.293. The van der Waals surface area contributed by atoms with E-state index >= 15 is 0 Å². The normalized spacial score (nSPS) is 12.1. The van der Waals surface area contributed by atoms with Crippen molar-refractivity contribution in [2.24, 2.45) is 0 Å². The molecule has 0 radical (unpaired) electrons. The van der Waals surface area contributed by atoms with Gasteiger partial charge in [0, 0.05) is 24.2 Å². The third kappa shape index (κ3) is 10.8. The van der Waals surface area contributed by atoms with Gasteiger partial charge in [0.15, 0.2) is 5.11 Å². The Balaban J connectivity index is 2.56. The Labute approximate surface area is 191 Å². The van der Waals surface area contributed by atoms with Gasteiger partial charge in [-0.25, -0.2) is 0 Å². The maximum Gasteiger partial charge on any atom is 0.271 e. The molecule has 0 spiro atoms. The number of nitro benzene ring substituents is 1. The van der Waals surface area contributed by atoms with Crippen molar-refractivity contribution < 1.29 is 9.72 Å². The first-order valence-corrected chi connectivity index (χ1v) is 10.9. The van der Waals surface area contributed by atoms with E-state index in [4.69, 9.17) is 47.0 Å². The van der Waals surface area contributed by atoms with E-state index in [-0.39, 0.29) is 16.7 Å². The van der Waals surface area contributed by atoms with Gasteiger partial charge in [-0.1, -0.05) is 79.9 Å². The van der Waals surface area contributed by atoms with E-state index in [9.17, 15) is 14.9 Å². The average molecular weight is 484 g/mol. The summed E-state index contributed by atoms with van der Waals surface area (Å²) in [5.74, 6) is -0.262. The number of nitrogens with zero attached hydrogens (tertiary/aromatic N) is 1. The first-order valence-electron chi connectivity index (χ1n) is 9.31. The zero-order valence-electron chi connectivity index (χ0n) is 16.1. The van der Waals surface area contributed by atoms with Gasteiger partial charge in [0.25, 0.3) is 5.69 Å². The van der Waals surface area contributed by atoms with Gasteiger partial charge in [-0.2, -0.15) is 0 Å². The fraction of sp³-hybridized carbons (Fsp3) is 0.556. The van der Waals surface area contributed by atoms with Crippen molar-refractivity contribution in [3.05, 3.63) is 34.4 Å². The number of carbonyl (C=O) groups excluding carboxylic acids is 1. The average Bonchev–Trinajstić information content (AvgIpc) is 2.63. The molecule has 1 aromatic carbocycles. The Kier molecular flexibility index (Phi) is 11.6. The number of nitro groups is 1. The summed E-state index contributed by atoms with van der Waals surface area (Å²) in [4.78, 5) is 22.5. The standard InChI is InChI=1S/C18H25Cl3N4O3S/c1-2-3-4-5-6-7-11-15(26)23-16(18(19,20)21)24-17(29)22-13-9-8-10-14(12-13)25(27)28/h8-10,12,16H,2-7,11H2,1H3,(H,23,26)(H2,22,24,29)/t16-/m0/s1. The van der Waals surface area contributed by atoms with Crippen LogP contribution in [0.1, 0.15) is 51.9 Å². The Morgan fingerprint density at radius 1 is 1.17 bits per heavy atom. The maximum absolute atomic E-state index is 12.2. The molecule has 7 nitrogen and oxygen atoms in total. The number of benzene rings is 1. The topological polar surface area (TPSA) is 96.3 Å². The van der Waals surface area contributed by atoms with Crippen LogP contribution in [0.15, 0.2) is 24.3 Å². The van der Waals surface area contributed by atoms with Crippen molar-refractivity contribution in [1.82, 2.24) is 10.6 Å². The Hall–Kier alpha value is -1.35. The number of non-ortho nitro benzene ring substituents is 1. The number of hydrogen-bond donors (Lipinski definition) is 3. The first kappa shape index (κ1) is 25.7. The van der Waals surface area contributed by atoms with Crippen LogP contribution in [-0.2, 0) is 4.79 Å². The highest BCUT2D eigenvalue weighted by atomic mass is 35.6. The molecule has 0 heterocycles. The molecule has 3 N–H and O–H groups in total. The Morgan fingerprint density at radius 3 is 2.45 bits per heavy atom. The molecule has 29 heavy (non-hydrogen) atoms. The lowest BCUT2D eigenvalue weighted by molar-refractivity contribution is -0.384. The number of carbonyl (C=O) groups is 1. The third-order valence-electron chi connectivity index (χ3n) is 3.98. The molecule has 0 bridgehead atoms. The van der Waals surface area contributed by atoms with Crippen LogP contribution >= 0.6 is 47.0 Å². The van der Waals surface area contributed by atoms with Crippen molar-refractivity contribution in [2.45, 2.75) is 61.8 Å². The Bertz CT molecular complexity index is 701. The SMILES string of the molecule is CCCCCCCCC(=O)N[C@@H](NC(=S)Nc1cccc([N+](=O)[O-])c1)C(Cl)(Cl)Cl. The van der Waals surface area contributed by atoms with Crippen LogP contribution in [0.3, 0.4) is 0 Å². The van der Waals surface area contributed by atoms with Gasteiger partial charge < -0.3 is 16.0 Å². The highest BCUT2D eigenvalue weighted by Gasteiger charge is 2.34.